The molecule has 0 radical (unpaired) electrons. The van der Waals surface area contributed by atoms with Crippen LogP contribution in [0.1, 0.15) is 43.8 Å². The quantitative estimate of drug-likeness (QED) is 0.789. The summed E-state index contributed by atoms with van der Waals surface area (Å²) in [6.07, 6.45) is 4.99. The van der Waals surface area contributed by atoms with Crippen molar-refractivity contribution in [1.82, 2.24) is 24.8 Å². The molecular weight excluding hydrogens is 334 g/mol. The van der Waals surface area contributed by atoms with Crippen molar-refractivity contribution in [2.24, 2.45) is 5.92 Å². The van der Waals surface area contributed by atoms with Gasteiger partial charge in [-0.05, 0) is 12.8 Å². The van der Waals surface area contributed by atoms with Gasteiger partial charge in [0.05, 0.1) is 12.5 Å². The Morgan fingerprint density at radius 2 is 1.92 bits per heavy atom. The van der Waals surface area contributed by atoms with Crippen molar-refractivity contribution in [3.05, 3.63) is 11.7 Å². The van der Waals surface area contributed by atoms with Crippen LogP contribution in [-0.2, 0) is 16.1 Å². The fraction of sp³-hybridized carbons (Fsp3) is 0.778. The number of likely N-dealkylation sites (tertiary alicyclic amines) is 1. The van der Waals surface area contributed by atoms with Crippen LogP contribution in [0.2, 0.25) is 0 Å². The van der Waals surface area contributed by atoms with Gasteiger partial charge in [-0.25, -0.2) is 0 Å². The largest absolute Gasteiger partial charge is 0.340 e. The highest BCUT2D eigenvalue weighted by molar-refractivity contribution is 5.89. The summed E-state index contributed by atoms with van der Waals surface area (Å²) < 4.78 is 5.01. The Morgan fingerprint density at radius 3 is 2.58 bits per heavy atom. The van der Waals surface area contributed by atoms with Crippen LogP contribution >= 0.6 is 0 Å². The molecule has 8 heteroatoms. The molecule has 26 heavy (non-hydrogen) atoms. The molecule has 1 unspecified atom stereocenters. The SMILES string of the molecule is Cc1nc(CN2CCN(C(=O)C3CC(=O)N(C4CCCC4)C3)CC2)no1. The maximum atomic E-state index is 12.9. The Morgan fingerprint density at radius 1 is 1.19 bits per heavy atom. The molecule has 0 bridgehead atoms. The number of carbonyl (C=O) groups excluding carboxylic acids is 2. The Kier molecular flexibility index (Phi) is 4.93. The molecule has 1 aromatic rings. The zero-order valence-corrected chi connectivity index (χ0v) is 15.4. The van der Waals surface area contributed by atoms with E-state index in [4.69, 9.17) is 4.52 Å². The number of nitrogens with zero attached hydrogens (tertiary/aromatic N) is 5. The fourth-order valence-electron chi connectivity index (χ4n) is 4.46. The van der Waals surface area contributed by atoms with E-state index in [0.717, 1.165) is 25.9 Å². The zero-order valence-electron chi connectivity index (χ0n) is 15.4. The lowest BCUT2D eigenvalue weighted by atomic mass is 10.1. The Balaban J connectivity index is 1.27. The number of aromatic nitrogens is 2. The predicted molar refractivity (Wildman–Crippen MR) is 93.0 cm³/mol. The average Bonchev–Trinajstić information content (AvgIpc) is 3.36. The normalized spacial score (nSPS) is 25.4. The van der Waals surface area contributed by atoms with E-state index in [1.807, 2.05) is 9.80 Å². The molecule has 0 aromatic carbocycles. The molecule has 2 amide bonds. The molecule has 3 fully saturated rings. The minimum Gasteiger partial charge on any atom is -0.340 e. The smallest absolute Gasteiger partial charge is 0.228 e. The maximum absolute atomic E-state index is 12.9. The topological polar surface area (TPSA) is 82.8 Å². The van der Waals surface area contributed by atoms with Gasteiger partial charge >= 0.3 is 0 Å². The van der Waals surface area contributed by atoms with E-state index in [1.165, 1.54) is 12.8 Å². The van der Waals surface area contributed by atoms with Crippen LogP contribution in [0, 0.1) is 12.8 Å². The summed E-state index contributed by atoms with van der Waals surface area (Å²) in [5.74, 6) is 1.42. The van der Waals surface area contributed by atoms with E-state index in [2.05, 4.69) is 15.0 Å². The number of hydrogen-bond donors (Lipinski definition) is 0. The van der Waals surface area contributed by atoms with Crippen LogP contribution in [0.5, 0.6) is 0 Å². The van der Waals surface area contributed by atoms with E-state index in [0.29, 0.717) is 50.4 Å². The third-order valence-corrected chi connectivity index (χ3v) is 5.89. The first kappa shape index (κ1) is 17.5. The van der Waals surface area contributed by atoms with Crippen LogP contribution in [0.4, 0.5) is 0 Å². The first-order chi connectivity index (χ1) is 12.6. The Labute approximate surface area is 153 Å². The third-order valence-electron chi connectivity index (χ3n) is 5.89. The van der Waals surface area contributed by atoms with E-state index in [9.17, 15) is 9.59 Å². The van der Waals surface area contributed by atoms with Crippen LogP contribution in [0.3, 0.4) is 0 Å². The van der Waals surface area contributed by atoms with Crippen molar-refractivity contribution in [2.45, 2.75) is 51.6 Å². The molecule has 1 atom stereocenters. The number of aryl methyl sites for hydroxylation is 1. The molecule has 1 aliphatic carbocycles. The molecule has 3 aliphatic rings. The average molecular weight is 361 g/mol. The van der Waals surface area contributed by atoms with Crippen molar-refractivity contribution >= 4 is 11.8 Å². The van der Waals surface area contributed by atoms with Gasteiger partial charge in [0.1, 0.15) is 0 Å². The molecular formula is C18H27N5O3. The first-order valence-corrected chi connectivity index (χ1v) is 9.70. The predicted octanol–water partition coefficient (Wildman–Crippen LogP) is 0.813. The Bertz CT molecular complexity index is 662. The second-order valence-electron chi connectivity index (χ2n) is 7.72. The van der Waals surface area contributed by atoms with E-state index < -0.39 is 0 Å². The van der Waals surface area contributed by atoms with Crippen molar-refractivity contribution < 1.29 is 14.1 Å². The fourth-order valence-corrected chi connectivity index (χ4v) is 4.46. The molecule has 2 aliphatic heterocycles. The van der Waals surface area contributed by atoms with E-state index >= 15 is 0 Å². The minimum atomic E-state index is -0.158. The number of carbonyl (C=O) groups is 2. The van der Waals surface area contributed by atoms with Crippen molar-refractivity contribution in [1.29, 1.82) is 0 Å². The zero-order chi connectivity index (χ0) is 18.1. The molecule has 3 heterocycles. The summed E-state index contributed by atoms with van der Waals surface area (Å²) in [6.45, 7) is 6.04. The lowest BCUT2D eigenvalue weighted by Gasteiger charge is -2.35. The number of hydrogen-bond acceptors (Lipinski definition) is 6. The molecule has 0 N–H and O–H groups in total. The van der Waals surface area contributed by atoms with Crippen LogP contribution in [0.25, 0.3) is 0 Å². The minimum absolute atomic E-state index is 0.147. The highest BCUT2D eigenvalue weighted by atomic mass is 16.5. The summed E-state index contributed by atoms with van der Waals surface area (Å²) in [7, 11) is 0. The van der Waals surface area contributed by atoms with Gasteiger partial charge in [0, 0.05) is 52.1 Å². The molecule has 4 rings (SSSR count). The van der Waals surface area contributed by atoms with Crippen LogP contribution < -0.4 is 0 Å². The summed E-state index contributed by atoms with van der Waals surface area (Å²) in [6, 6.07) is 0.371. The highest BCUT2D eigenvalue weighted by Crippen LogP contribution is 2.30. The van der Waals surface area contributed by atoms with E-state index in [1.54, 1.807) is 6.92 Å². The molecule has 8 nitrogen and oxygen atoms in total. The van der Waals surface area contributed by atoms with Crippen molar-refractivity contribution in [3.63, 3.8) is 0 Å². The third kappa shape index (κ3) is 3.60. The summed E-state index contributed by atoms with van der Waals surface area (Å²) in [5.41, 5.74) is 0. The standard InChI is InChI=1S/C18H27N5O3/c1-13-19-16(20-26-13)12-21-6-8-22(9-7-21)18(25)14-10-17(24)23(11-14)15-4-2-3-5-15/h14-15H,2-12H2,1H3. The molecule has 2 saturated heterocycles. The molecule has 1 saturated carbocycles. The second-order valence-corrected chi connectivity index (χ2v) is 7.72. The van der Waals surface area contributed by atoms with Crippen molar-refractivity contribution in [2.75, 3.05) is 32.7 Å². The van der Waals surface area contributed by atoms with Gasteiger partial charge < -0.3 is 14.3 Å². The summed E-state index contributed by atoms with van der Waals surface area (Å²) >= 11 is 0. The lowest BCUT2D eigenvalue weighted by molar-refractivity contribution is -0.137. The van der Waals surface area contributed by atoms with Gasteiger partial charge in [0.25, 0.3) is 0 Å². The van der Waals surface area contributed by atoms with Crippen LogP contribution in [-0.4, -0.2) is 75.4 Å². The monoisotopic (exact) mass is 361 g/mol. The first-order valence-electron chi connectivity index (χ1n) is 9.70. The summed E-state index contributed by atoms with van der Waals surface area (Å²) in [5, 5.41) is 3.93. The number of piperazine rings is 1. The molecule has 1 aromatic heterocycles. The van der Waals surface area contributed by atoms with Gasteiger partial charge in [0.15, 0.2) is 5.82 Å². The lowest BCUT2D eigenvalue weighted by Crippen LogP contribution is -2.50. The Hall–Kier alpha value is -1.96. The highest BCUT2D eigenvalue weighted by Gasteiger charge is 2.40. The van der Waals surface area contributed by atoms with Gasteiger partial charge in [-0.15, -0.1) is 0 Å². The van der Waals surface area contributed by atoms with Gasteiger partial charge in [-0.3, -0.25) is 14.5 Å². The maximum Gasteiger partial charge on any atom is 0.228 e. The number of amides is 2. The number of rotatable bonds is 4. The second kappa shape index (κ2) is 7.34. The van der Waals surface area contributed by atoms with Crippen LogP contribution in [0.15, 0.2) is 4.52 Å². The van der Waals surface area contributed by atoms with Gasteiger partial charge in [0.2, 0.25) is 17.7 Å². The summed E-state index contributed by atoms with van der Waals surface area (Å²) in [4.78, 5) is 35.6. The molecule has 142 valence electrons. The van der Waals surface area contributed by atoms with E-state index in [-0.39, 0.29) is 17.7 Å². The molecule has 0 spiro atoms. The van der Waals surface area contributed by atoms with Gasteiger partial charge in [-0.1, -0.05) is 18.0 Å². The van der Waals surface area contributed by atoms with Crippen molar-refractivity contribution in [3.8, 4) is 0 Å². The van der Waals surface area contributed by atoms with Gasteiger partial charge in [-0.2, -0.15) is 4.98 Å².